The Labute approximate surface area is 114 Å². The molecule has 0 aliphatic rings. The van der Waals surface area contributed by atoms with Crippen LogP contribution in [-0.2, 0) is 10.3 Å². The second-order valence-corrected chi connectivity index (χ2v) is 4.93. The molecular formula is C12H15N5O3. The highest BCUT2D eigenvalue weighted by Gasteiger charge is 2.30. The maximum atomic E-state index is 11.9. The fourth-order valence-corrected chi connectivity index (χ4v) is 1.52. The third-order valence-corrected chi connectivity index (χ3v) is 2.88. The molecule has 8 nitrogen and oxygen atoms in total. The van der Waals surface area contributed by atoms with Gasteiger partial charge in [-0.15, -0.1) is 0 Å². The number of H-pyrrole nitrogens is 1. The molecule has 0 saturated heterocycles. The average Bonchev–Trinajstić information content (AvgIpc) is 2.98. The molecule has 0 aliphatic carbocycles. The summed E-state index contributed by atoms with van der Waals surface area (Å²) < 4.78 is 1.28. The highest BCUT2D eigenvalue weighted by atomic mass is 16.4. The molecule has 0 bridgehead atoms. The molecule has 2 heterocycles. The van der Waals surface area contributed by atoms with Crippen LogP contribution >= 0.6 is 0 Å². The largest absolute Gasteiger partial charge is 0.479 e. The van der Waals surface area contributed by atoms with Crippen molar-refractivity contribution in [3.63, 3.8) is 0 Å². The third-order valence-electron chi connectivity index (χ3n) is 2.88. The van der Waals surface area contributed by atoms with Gasteiger partial charge in [-0.2, -0.15) is 10.2 Å². The number of anilines is 1. The quantitative estimate of drug-likeness (QED) is 0.771. The van der Waals surface area contributed by atoms with Crippen molar-refractivity contribution in [2.75, 3.05) is 5.32 Å². The van der Waals surface area contributed by atoms with Crippen LogP contribution < -0.4 is 5.32 Å². The maximum absolute atomic E-state index is 11.9. The Balaban J connectivity index is 2.14. The average molecular weight is 277 g/mol. The summed E-state index contributed by atoms with van der Waals surface area (Å²) in [6.45, 7) is 4.83. The lowest BCUT2D eigenvalue weighted by Gasteiger charge is -2.19. The zero-order valence-corrected chi connectivity index (χ0v) is 11.3. The number of aryl methyl sites for hydroxylation is 1. The molecule has 0 aromatic carbocycles. The topological polar surface area (TPSA) is 113 Å². The maximum Gasteiger partial charge on any atom is 0.331 e. The van der Waals surface area contributed by atoms with Gasteiger partial charge in [0.25, 0.3) is 5.91 Å². The third kappa shape index (κ3) is 2.53. The lowest BCUT2D eigenvalue weighted by Crippen LogP contribution is -2.35. The molecule has 0 aliphatic heterocycles. The van der Waals surface area contributed by atoms with E-state index < -0.39 is 11.5 Å². The normalized spacial score (nSPS) is 11.3. The van der Waals surface area contributed by atoms with Gasteiger partial charge in [-0.3, -0.25) is 14.6 Å². The Morgan fingerprint density at radius 3 is 2.70 bits per heavy atom. The predicted octanol–water partition coefficient (Wildman–Crippen LogP) is 0.987. The van der Waals surface area contributed by atoms with Crippen molar-refractivity contribution in [2.45, 2.75) is 26.3 Å². The van der Waals surface area contributed by atoms with Gasteiger partial charge >= 0.3 is 5.97 Å². The minimum atomic E-state index is -1.19. The number of rotatable bonds is 4. The molecule has 106 valence electrons. The van der Waals surface area contributed by atoms with Crippen LogP contribution in [0.3, 0.4) is 0 Å². The molecule has 20 heavy (non-hydrogen) atoms. The number of carbonyl (C=O) groups is 2. The van der Waals surface area contributed by atoms with E-state index in [1.165, 1.54) is 30.9 Å². The van der Waals surface area contributed by atoms with E-state index in [4.69, 9.17) is 5.11 Å². The number of carboxylic acids is 1. The summed E-state index contributed by atoms with van der Waals surface area (Å²) in [5.74, 6) is -1.40. The summed E-state index contributed by atoms with van der Waals surface area (Å²) in [5.41, 5.74) is 0.252. The fourth-order valence-electron chi connectivity index (χ4n) is 1.52. The van der Waals surface area contributed by atoms with E-state index in [0.29, 0.717) is 5.69 Å². The molecule has 0 atom stereocenters. The van der Waals surface area contributed by atoms with Crippen molar-refractivity contribution in [3.05, 3.63) is 29.8 Å². The lowest BCUT2D eigenvalue weighted by atomic mass is 10.1. The van der Waals surface area contributed by atoms with E-state index in [-0.39, 0.29) is 11.6 Å². The van der Waals surface area contributed by atoms with E-state index in [9.17, 15) is 9.59 Å². The van der Waals surface area contributed by atoms with Crippen molar-refractivity contribution in [3.8, 4) is 0 Å². The van der Waals surface area contributed by atoms with E-state index >= 15 is 0 Å². The molecule has 0 fully saturated rings. The van der Waals surface area contributed by atoms with Crippen molar-refractivity contribution >= 4 is 17.6 Å². The number of hydrogen-bond acceptors (Lipinski definition) is 4. The minimum Gasteiger partial charge on any atom is -0.479 e. The molecule has 1 amide bonds. The number of carboxylic acid groups (broad SMARTS) is 1. The van der Waals surface area contributed by atoms with Gasteiger partial charge in [0.1, 0.15) is 0 Å². The summed E-state index contributed by atoms with van der Waals surface area (Å²) in [6.07, 6.45) is 2.85. The van der Waals surface area contributed by atoms with Crippen LogP contribution in [0, 0.1) is 6.92 Å². The first-order chi connectivity index (χ1) is 9.30. The Bertz CT molecular complexity index is 656. The van der Waals surface area contributed by atoms with Gasteiger partial charge in [-0.1, -0.05) is 0 Å². The van der Waals surface area contributed by atoms with E-state index in [1.807, 2.05) is 0 Å². The van der Waals surface area contributed by atoms with E-state index in [2.05, 4.69) is 20.6 Å². The van der Waals surface area contributed by atoms with Gasteiger partial charge < -0.3 is 10.4 Å². The molecular weight excluding hydrogens is 262 g/mol. The first-order valence-corrected chi connectivity index (χ1v) is 5.92. The first kappa shape index (κ1) is 13.8. The van der Waals surface area contributed by atoms with Crippen LogP contribution in [0.15, 0.2) is 18.5 Å². The number of nitrogens with one attached hydrogen (secondary N) is 2. The summed E-state index contributed by atoms with van der Waals surface area (Å²) in [7, 11) is 0. The van der Waals surface area contributed by atoms with Gasteiger partial charge in [0.2, 0.25) is 0 Å². The summed E-state index contributed by atoms with van der Waals surface area (Å²) >= 11 is 0. The zero-order valence-electron chi connectivity index (χ0n) is 11.3. The second kappa shape index (κ2) is 4.80. The fraction of sp³-hybridized carbons (Fsp3) is 0.333. The number of aliphatic carboxylic acids is 1. The number of carbonyl (C=O) groups excluding carboxylic acids is 1. The first-order valence-electron chi connectivity index (χ1n) is 5.92. The Morgan fingerprint density at radius 1 is 1.45 bits per heavy atom. The van der Waals surface area contributed by atoms with E-state index in [1.54, 1.807) is 13.0 Å². The molecule has 3 N–H and O–H groups in total. The molecule has 2 rings (SSSR count). The Kier molecular flexibility index (Phi) is 3.31. The lowest BCUT2D eigenvalue weighted by molar-refractivity contribution is -0.146. The number of amides is 1. The van der Waals surface area contributed by atoms with Crippen molar-refractivity contribution in [2.24, 2.45) is 0 Å². The summed E-state index contributed by atoms with van der Waals surface area (Å²) in [6, 6.07) is 1.61. The van der Waals surface area contributed by atoms with Crippen LogP contribution in [-0.4, -0.2) is 37.0 Å². The van der Waals surface area contributed by atoms with Crippen molar-refractivity contribution in [1.82, 2.24) is 20.0 Å². The van der Waals surface area contributed by atoms with Crippen LogP contribution in [0.4, 0.5) is 5.69 Å². The van der Waals surface area contributed by atoms with Gasteiger partial charge in [-0.25, -0.2) is 4.79 Å². The van der Waals surface area contributed by atoms with Crippen molar-refractivity contribution < 1.29 is 14.7 Å². The zero-order chi connectivity index (χ0) is 14.9. The summed E-state index contributed by atoms with van der Waals surface area (Å²) in [4.78, 5) is 23.0. The predicted molar refractivity (Wildman–Crippen MR) is 70.5 cm³/mol. The minimum absolute atomic E-state index is 0.257. The number of aromatic amines is 1. The van der Waals surface area contributed by atoms with Gasteiger partial charge in [0, 0.05) is 11.9 Å². The van der Waals surface area contributed by atoms with Crippen LogP contribution in [0.25, 0.3) is 0 Å². The molecule has 2 aromatic rings. The van der Waals surface area contributed by atoms with Gasteiger partial charge in [0.05, 0.1) is 11.9 Å². The van der Waals surface area contributed by atoms with Crippen molar-refractivity contribution in [1.29, 1.82) is 0 Å². The molecule has 0 unspecified atom stereocenters. The molecule has 8 heteroatoms. The highest BCUT2D eigenvalue weighted by molar-refractivity contribution is 6.02. The van der Waals surface area contributed by atoms with E-state index in [0.717, 1.165) is 5.69 Å². The van der Waals surface area contributed by atoms with Crippen LogP contribution in [0.5, 0.6) is 0 Å². The smallest absolute Gasteiger partial charge is 0.331 e. The summed E-state index contributed by atoms with van der Waals surface area (Å²) in [5, 5.41) is 22.2. The molecule has 0 saturated carbocycles. The number of hydrogen-bond donors (Lipinski definition) is 3. The molecule has 2 aromatic heterocycles. The van der Waals surface area contributed by atoms with Gasteiger partial charge in [-0.05, 0) is 26.8 Å². The monoisotopic (exact) mass is 277 g/mol. The Morgan fingerprint density at radius 2 is 2.15 bits per heavy atom. The van der Waals surface area contributed by atoms with Crippen LogP contribution in [0.2, 0.25) is 0 Å². The SMILES string of the molecule is Cc1cc(C(=O)Nc2cnn(C(C)(C)C(=O)O)c2)n[nH]1. The van der Waals surface area contributed by atoms with Crippen LogP contribution in [0.1, 0.15) is 30.0 Å². The molecule has 0 spiro atoms. The number of aromatic nitrogens is 4. The Hall–Kier alpha value is -2.64. The second-order valence-electron chi connectivity index (χ2n) is 4.93. The molecule has 0 radical (unpaired) electrons. The number of nitrogens with zero attached hydrogens (tertiary/aromatic N) is 3. The standard InChI is InChI=1S/C12H15N5O3/c1-7-4-9(16-15-7)10(18)14-8-5-13-17(6-8)12(2,3)11(19)20/h4-6H,1-3H3,(H,14,18)(H,15,16)(H,19,20). The van der Waals surface area contributed by atoms with Gasteiger partial charge in [0.15, 0.2) is 11.2 Å². The highest BCUT2D eigenvalue weighted by Crippen LogP contribution is 2.17.